The Morgan fingerprint density at radius 3 is 2.18 bits per heavy atom. The molecule has 0 saturated carbocycles. The van der Waals surface area contributed by atoms with E-state index in [2.05, 4.69) is 65.8 Å². The molecule has 3 aromatic rings. The van der Waals surface area contributed by atoms with Crippen LogP contribution in [0.2, 0.25) is 0 Å². The summed E-state index contributed by atoms with van der Waals surface area (Å²) >= 11 is 0. The maximum Gasteiger partial charge on any atom is 0.131 e. The van der Waals surface area contributed by atoms with Crippen molar-refractivity contribution < 1.29 is 4.74 Å². The fraction of sp³-hybridized carbons (Fsp3) is 0.208. The number of nitrogens with one attached hydrogen (secondary N) is 1. The minimum Gasteiger partial charge on any atom is -0.497 e. The minimum absolute atomic E-state index is 0.668. The van der Waals surface area contributed by atoms with Crippen molar-refractivity contribution in [2.24, 2.45) is 4.99 Å². The van der Waals surface area contributed by atoms with E-state index in [0.29, 0.717) is 6.54 Å². The monoisotopic (exact) mass is 373 g/mol. The van der Waals surface area contributed by atoms with Gasteiger partial charge in [0.05, 0.1) is 13.7 Å². The molecule has 0 aromatic heterocycles. The van der Waals surface area contributed by atoms with E-state index in [1.807, 2.05) is 36.4 Å². The zero-order chi connectivity index (χ0) is 19.6. The van der Waals surface area contributed by atoms with Crippen molar-refractivity contribution in [3.63, 3.8) is 0 Å². The molecule has 1 N–H and O–H groups in total. The molecular formula is C24H27N3O. The van der Waals surface area contributed by atoms with Gasteiger partial charge in [-0.25, -0.2) is 0 Å². The van der Waals surface area contributed by atoms with Gasteiger partial charge in [-0.2, -0.15) is 0 Å². The highest BCUT2D eigenvalue weighted by Gasteiger charge is 2.09. The lowest BCUT2D eigenvalue weighted by molar-refractivity contribution is 0.415. The van der Waals surface area contributed by atoms with Crippen LogP contribution in [0.1, 0.15) is 11.1 Å². The number of ether oxygens (including phenoxy) is 1. The first kappa shape index (κ1) is 19.5. The Morgan fingerprint density at radius 1 is 0.893 bits per heavy atom. The average Bonchev–Trinajstić information content (AvgIpc) is 2.76. The van der Waals surface area contributed by atoms with Gasteiger partial charge < -0.3 is 15.0 Å². The summed E-state index contributed by atoms with van der Waals surface area (Å²) in [5, 5.41) is 3.45. The van der Waals surface area contributed by atoms with Crippen LogP contribution in [-0.4, -0.2) is 38.0 Å². The van der Waals surface area contributed by atoms with E-state index in [0.717, 1.165) is 35.9 Å². The van der Waals surface area contributed by atoms with E-state index in [9.17, 15) is 0 Å². The Balaban J connectivity index is 1.65. The van der Waals surface area contributed by atoms with Gasteiger partial charge in [0.25, 0.3) is 0 Å². The number of anilines is 1. The largest absolute Gasteiger partial charge is 0.497 e. The summed E-state index contributed by atoms with van der Waals surface area (Å²) in [7, 11) is 3.77. The highest BCUT2D eigenvalue weighted by molar-refractivity contribution is 5.98. The quantitative estimate of drug-likeness (QED) is 0.460. The summed E-state index contributed by atoms with van der Waals surface area (Å²) in [6, 6.07) is 28.7. The lowest BCUT2D eigenvalue weighted by Gasteiger charge is -2.22. The molecule has 3 aromatic carbocycles. The van der Waals surface area contributed by atoms with Gasteiger partial charge >= 0.3 is 0 Å². The Hall–Kier alpha value is -3.27. The summed E-state index contributed by atoms with van der Waals surface area (Å²) in [4.78, 5) is 7.11. The molecule has 0 unspecified atom stereocenters. The van der Waals surface area contributed by atoms with Crippen LogP contribution >= 0.6 is 0 Å². The second kappa shape index (κ2) is 10.2. The van der Waals surface area contributed by atoms with Crippen LogP contribution in [0.5, 0.6) is 5.75 Å². The number of nitrogens with zero attached hydrogens (tertiary/aromatic N) is 2. The summed E-state index contributed by atoms with van der Waals surface area (Å²) in [6.45, 7) is 2.33. The van der Waals surface area contributed by atoms with E-state index in [1.54, 1.807) is 7.11 Å². The van der Waals surface area contributed by atoms with Crippen molar-refractivity contribution in [1.29, 1.82) is 0 Å². The Labute approximate surface area is 167 Å². The standard InChI is InChI=1S/C24H27N3O/c1-27(18-17-25-22-13-15-23(28-2)16-14-22)24(21-11-7-4-8-12-21)26-19-20-9-5-3-6-10-20/h3-16,25H,17-19H2,1-2H3. The Kier molecular flexibility index (Phi) is 7.08. The van der Waals surface area contributed by atoms with Gasteiger partial charge in [0.2, 0.25) is 0 Å². The predicted molar refractivity (Wildman–Crippen MR) is 117 cm³/mol. The molecular weight excluding hydrogens is 346 g/mol. The first-order valence-electron chi connectivity index (χ1n) is 9.49. The minimum atomic E-state index is 0.668. The molecule has 0 amide bonds. The number of methoxy groups -OCH3 is 1. The SMILES string of the molecule is COc1ccc(NCCN(C)C(=NCc2ccccc2)c2ccccc2)cc1. The average molecular weight is 374 g/mol. The third-order valence-electron chi connectivity index (χ3n) is 4.51. The molecule has 4 nitrogen and oxygen atoms in total. The second-order valence-electron chi connectivity index (χ2n) is 6.57. The molecule has 0 radical (unpaired) electrons. The van der Waals surface area contributed by atoms with Gasteiger partial charge in [-0.1, -0.05) is 60.7 Å². The molecule has 0 spiro atoms. The summed E-state index contributed by atoms with van der Waals surface area (Å²) < 4.78 is 5.20. The number of hydrogen-bond acceptors (Lipinski definition) is 3. The smallest absolute Gasteiger partial charge is 0.131 e. The molecule has 0 atom stereocenters. The van der Waals surface area contributed by atoms with E-state index in [-0.39, 0.29) is 0 Å². The summed E-state index contributed by atoms with van der Waals surface area (Å²) in [5.74, 6) is 1.86. The zero-order valence-corrected chi connectivity index (χ0v) is 16.5. The zero-order valence-electron chi connectivity index (χ0n) is 16.5. The maximum absolute atomic E-state index is 5.20. The molecule has 0 fully saturated rings. The number of likely N-dealkylation sites (N-methyl/N-ethyl adjacent to an activating group) is 1. The first-order chi connectivity index (χ1) is 13.8. The van der Waals surface area contributed by atoms with Gasteiger partial charge in [-0.3, -0.25) is 4.99 Å². The number of rotatable bonds is 8. The number of benzene rings is 3. The molecule has 4 heteroatoms. The van der Waals surface area contributed by atoms with Crippen molar-refractivity contribution in [2.45, 2.75) is 6.54 Å². The lowest BCUT2D eigenvalue weighted by atomic mass is 10.2. The van der Waals surface area contributed by atoms with Crippen molar-refractivity contribution in [3.8, 4) is 5.75 Å². The van der Waals surface area contributed by atoms with Crippen molar-refractivity contribution in [1.82, 2.24) is 4.90 Å². The van der Waals surface area contributed by atoms with E-state index in [4.69, 9.17) is 9.73 Å². The Bertz CT molecular complexity index is 861. The van der Waals surface area contributed by atoms with Crippen LogP contribution in [0.4, 0.5) is 5.69 Å². The van der Waals surface area contributed by atoms with E-state index >= 15 is 0 Å². The normalized spacial score (nSPS) is 11.1. The van der Waals surface area contributed by atoms with Crippen LogP contribution in [0.25, 0.3) is 0 Å². The lowest BCUT2D eigenvalue weighted by Crippen LogP contribution is -2.32. The van der Waals surface area contributed by atoms with Gasteiger partial charge in [0.1, 0.15) is 11.6 Å². The van der Waals surface area contributed by atoms with Crippen molar-refractivity contribution in [2.75, 3.05) is 32.6 Å². The van der Waals surface area contributed by atoms with Gasteiger partial charge in [-0.15, -0.1) is 0 Å². The molecule has 144 valence electrons. The van der Waals surface area contributed by atoms with Crippen molar-refractivity contribution >= 4 is 11.5 Å². The molecule has 0 aliphatic carbocycles. The third kappa shape index (κ3) is 5.61. The molecule has 0 bridgehead atoms. The van der Waals surface area contributed by atoms with Crippen LogP contribution < -0.4 is 10.1 Å². The predicted octanol–water partition coefficient (Wildman–Crippen LogP) is 4.69. The highest BCUT2D eigenvalue weighted by atomic mass is 16.5. The van der Waals surface area contributed by atoms with Crippen LogP contribution in [0.3, 0.4) is 0 Å². The third-order valence-corrected chi connectivity index (χ3v) is 4.51. The number of aliphatic imine (C=N–C) groups is 1. The van der Waals surface area contributed by atoms with Gasteiger partial charge in [0, 0.05) is 31.4 Å². The molecule has 0 saturated heterocycles. The topological polar surface area (TPSA) is 36.9 Å². The summed E-state index contributed by atoms with van der Waals surface area (Å²) in [5.41, 5.74) is 3.42. The van der Waals surface area contributed by atoms with E-state index < -0.39 is 0 Å². The summed E-state index contributed by atoms with van der Waals surface area (Å²) in [6.07, 6.45) is 0. The van der Waals surface area contributed by atoms with Crippen LogP contribution in [0.15, 0.2) is 89.9 Å². The Morgan fingerprint density at radius 2 is 1.54 bits per heavy atom. The van der Waals surface area contributed by atoms with E-state index in [1.165, 1.54) is 5.56 Å². The number of amidine groups is 1. The molecule has 3 rings (SSSR count). The molecule has 0 heterocycles. The first-order valence-corrected chi connectivity index (χ1v) is 9.49. The molecule has 0 aliphatic heterocycles. The fourth-order valence-electron chi connectivity index (χ4n) is 2.95. The molecule has 0 aliphatic rings. The maximum atomic E-state index is 5.20. The number of hydrogen-bond donors (Lipinski definition) is 1. The van der Waals surface area contributed by atoms with Gasteiger partial charge in [0.15, 0.2) is 0 Å². The van der Waals surface area contributed by atoms with Crippen LogP contribution in [-0.2, 0) is 6.54 Å². The molecule has 28 heavy (non-hydrogen) atoms. The fourth-order valence-corrected chi connectivity index (χ4v) is 2.95. The van der Waals surface area contributed by atoms with Gasteiger partial charge in [-0.05, 0) is 29.8 Å². The van der Waals surface area contributed by atoms with Crippen molar-refractivity contribution in [3.05, 3.63) is 96.1 Å². The highest BCUT2D eigenvalue weighted by Crippen LogP contribution is 2.15. The van der Waals surface area contributed by atoms with Crippen LogP contribution in [0, 0.1) is 0 Å². The second-order valence-corrected chi connectivity index (χ2v) is 6.57.